The molecular formula is C66H58BN2. The van der Waals surface area contributed by atoms with Crippen molar-refractivity contribution in [2.24, 2.45) is 0 Å². The average molecular weight is 890 g/mol. The lowest BCUT2D eigenvalue weighted by atomic mass is 9.56. The van der Waals surface area contributed by atoms with Gasteiger partial charge in [0.15, 0.2) is 7.28 Å². The molecule has 335 valence electrons. The van der Waals surface area contributed by atoms with Crippen LogP contribution in [0.2, 0.25) is 0 Å². The van der Waals surface area contributed by atoms with Gasteiger partial charge in [-0.05, 0) is 150 Å². The summed E-state index contributed by atoms with van der Waals surface area (Å²) in [6, 6.07) is 72.2. The predicted octanol–water partition coefficient (Wildman–Crippen LogP) is 16.5. The minimum Gasteiger partial charge on any atom is -0.355 e. The van der Waals surface area contributed by atoms with Gasteiger partial charge < -0.3 is 10.2 Å². The third-order valence-electron chi connectivity index (χ3n) is 15.9. The van der Waals surface area contributed by atoms with Crippen molar-refractivity contribution in [3.63, 3.8) is 0 Å². The molecule has 3 heteroatoms. The second-order valence-electron chi connectivity index (χ2n) is 21.5. The lowest BCUT2D eigenvalue weighted by Gasteiger charge is -2.44. The van der Waals surface area contributed by atoms with Crippen molar-refractivity contribution in [3.8, 4) is 55.6 Å². The molecule has 2 aliphatic carbocycles. The van der Waals surface area contributed by atoms with Gasteiger partial charge in [-0.25, -0.2) is 0 Å². The van der Waals surface area contributed by atoms with Crippen LogP contribution >= 0.6 is 0 Å². The number of nitrogens with one attached hydrogen (secondary N) is 1. The van der Waals surface area contributed by atoms with Gasteiger partial charge in [0.2, 0.25) is 0 Å². The Morgan fingerprint density at radius 2 is 0.971 bits per heavy atom. The summed E-state index contributed by atoms with van der Waals surface area (Å²) in [6.45, 7) is 17.0. The number of aryl methyl sites for hydroxylation is 1. The van der Waals surface area contributed by atoms with Crippen molar-refractivity contribution < 1.29 is 0 Å². The van der Waals surface area contributed by atoms with E-state index in [2.05, 4.69) is 260 Å². The van der Waals surface area contributed by atoms with E-state index in [1.54, 1.807) is 0 Å². The van der Waals surface area contributed by atoms with Gasteiger partial charge in [-0.15, -0.1) is 0 Å². The highest BCUT2D eigenvalue weighted by Crippen LogP contribution is 2.56. The van der Waals surface area contributed by atoms with E-state index in [4.69, 9.17) is 0 Å². The Bertz CT molecular complexity index is 3470. The van der Waals surface area contributed by atoms with Gasteiger partial charge in [-0.2, -0.15) is 0 Å². The molecule has 1 radical (unpaired) electrons. The fourth-order valence-electron chi connectivity index (χ4n) is 11.9. The third-order valence-corrected chi connectivity index (χ3v) is 15.9. The molecule has 0 unspecified atom stereocenters. The Morgan fingerprint density at radius 3 is 1.64 bits per heavy atom. The first-order chi connectivity index (χ1) is 33.4. The van der Waals surface area contributed by atoms with Crippen LogP contribution in [-0.4, -0.2) is 7.28 Å². The summed E-state index contributed by atoms with van der Waals surface area (Å²) >= 11 is 0. The molecule has 0 fully saturated rings. The fourth-order valence-corrected chi connectivity index (χ4v) is 11.9. The van der Waals surface area contributed by atoms with Crippen LogP contribution in [0.5, 0.6) is 0 Å². The standard InChI is InChI=1S/C66H58BN2/c1-42-36-53-54(65(4,5)35-34-64(53,2)3)40-59(42)69-58-33-31-47(44-22-13-9-14-23-44)38-56(58)67-63-60(69)41-55-61(50-28-17-18-29-52(50)66(55,6)7)62(63)51-32-30-48(45-24-15-10-16-25-45)39-57(51)68-49-27-19-26-46(37-49)43-20-11-8-12-21-43/h8-33,36-41,68H,34-35H2,1-7H3. The monoisotopic (exact) mass is 889 g/mol. The van der Waals surface area contributed by atoms with E-state index in [9.17, 15) is 0 Å². The minimum absolute atomic E-state index is 0.0453. The maximum Gasteiger partial charge on any atom is 0.197 e. The zero-order valence-electron chi connectivity index (χ0n) is 40.9. The molecule has 0 spiro atoms. The highest BCUT2D eigenvalue weighted by Gasteiger charge is 2.43. The Morgan fingerprint density at radius 1 is 0.420 bits per heavy atom. The SMILES string of the molecule is Cc1cc2c(cc1N1c3ccc(-c4ccccc4)cc3[B]c3c1cc1c(c3-c3ccc(-c4ccccc4)cc3Nc3cccc(-c4ccccc4)c3)-c3ccccc3C1(C)C)C(C)(C)CCC2(C)C. The molecule has 1 aliphatic heterocycles. The summed E-state index contributed by atoms with van der Waals surface area (Å²) in [5.41, 5.74) is 27.2. The summed E-state index contributed by atoms with van der Waals surface area (Å²) in [7, 11) is 2.50. The van der Waals surface area contributed by atoms with Gasteiger partial charge in [-0.1, -0.05) is 205 Å². The van der Waals surface area contributed by atoms with E-state index in [0.29, 0.717) is 0 Å². The third kappa shape index (κ3) is 7.16. The quantitative estimate of drug-likeness (QED) is 0.160. The molecule has 3 aliphatic rings. The second-order valence-corrected chi connectivity index (χ2v) is 21.5. The Hall–Kier alpha value is -7.36. The molecule has 69 heavy (non-hydrogen) atoms. The van der Waals surface area contributed by atoms with E-state index in [0.717, 1.165) is 17.8 Å². The summed E-state index contributed by atoms with van der Waals surface area (Å²) < 4.78 is 0. The Balaban J connectivity index is 1.16. The fraction of sp³-hybridized carbons (Fsp3) is 0.182. The van der Waals surface area contributed by atoms with Crippen molar-refractivity contribution in [2.45, 2.75) is 77.6 Å². The van der Waals surface area contributed by atoms with E-state index in [1.165, 1.54) is 118 Å². The summed E-state index contributed by atoms with van der Waals surface area (Å²) in [4.78, 5) is 2.63. The number of hydrogen-bond acceptors (Lipinski definition) is 2. The highest BCUT2D eigenvalue weighted by atomic mass is 15.2. The first-order valence-electron chi connectivity index (χ1n) is 24.8. The molecule has 0 aromatic heterocycles. The lowest BCUT2D eigenvalue weighted by molar-refractivity contribution is 0.332. The van der Waals surface area contributed by atoms with Gasteiger partial charge in [-0.3, -0.25) is 0 Å². The van der Waals surface area contributed by atoms with Gasteiger partial charge in [0.25, 0.3) is 0 Å². The largest absolute Gasteiger partial charge is 0.355 e. The smallest absolute Gasteiger partial charge is 0.197 e. The van der Waals surface area contributed by atoms with E-state index in [1.807, 2.05) is 0 Å². The summed E-state index contributed by atoms with van der Waals surface area (Å²) in [6.07, 6.45) is 2.34. The van der Waals surface area contributed by atoms with Gasteiger partial charge in [0, 0.05) is 39.4 Å². The predicted molar refractivity (Wildman–Crippen MR) is 295 cm³/mol. The van der Waals surface area contributed by atoms with E-state index >= 15 is 0 Å². The topological polar surface area (TPSA) is 15.3 Å². The molecule has 0 saturated heterocycles. The van der Waals surface area contributed by atoms with Gasteiger partial charge in [0.05, 0.1) is 0 Å². The normalized spacial score (nSPS) is 15.5. The minimum atomic E-state index is -0.253. The van der Waals surface area contributed by atoms with E-state index in [-0.39, 0.29) is 16.2 Å². The van der Waals surface area contributed by atoms with Crippen LogP contribution in [-0.2, 0) is 16.2 Å². The molecule has 0 saturated carbocycles. The average Bonchev–Trinajstić information content (AvgIpc) is 3.60. The molecule has 1 heterocycles. The molecule has 2 nitrogen and oxygen atoms in total. The zero-order valence-corrected chi connectivity index (χ0v) is 40.9. The van der Waals surface area contributed by atoms with Gasteiger partial charge >= 0.3 is 0 Å². The Kier molecular flexibility index (Phi) is 10.0. The number of rotatable bonds is 7. The first-order valence-corrected chi connectivity index (χ1v) is 24.8. The maximum atomic E-state index is 4.06. The zero-order chi connectivity index (χ0) is 47.2. The number of fused-ring (bicyclic) bond motifs is 6. The number of nitrogens with zero attached hydrogens (tertiary/aromatic N) is 1. The van der Waals surface area contributed by atoms with Crippen LogP contribution in [0.1, 0.15) is 82.2 Å². The number of hydrogen-bond donors (Lipinski definition) is 1. The van der Waals surface area contributed by atoms with Gasteiger partial charge in [0.1, 0.15) is 0 Å². The highest BCUT2D eigenvalue weighted by molar-refractivity contribution is 6.73. The van der Waals surface area contributed by atoms with Crippen molar-refractivity contribution >= 4 is 46.6 Å². The molecule has 12 rings (SSSR count). The van der Waals surface area contributed by atoms with Crippen LogP contribution in [0.3, 0.4) is 0 Å². The first kappa shape index (κ1) is 43.0. The van der Waals surface area contributed by atoms with Crippen LogP contribution in [0.15, 0.2) is 194 Å². The summed E-state index contributed by atoms with van der Waals surface area (Å²) in [5, 5.41) is 4.06. The lowest BCUT2D eigenvalue weighted by Crippen LogP contribution is -2.42. The van der Waals surface area contributed by atoms with Crippen LogP contribution in [0, 0.1) is 6.92 Å². The summed E-state index contributed by atoms with van der Waals surface area (Å²) in [5.74, 6) is 0. The molecular weight excluding hydrogens is 832 g/mol. The van der Waals surface area contributed by atoms with Crippen molar-refractivity contribution in [2.75, 3.05) is 10.2 Å². The van der Waals surface area contributed by atoms with E-state index < -0.39 is 0 Å². The second kappa shape index (κ2) is 16.1. The maximum absolute atomic E-state index is 4.06. The van der Waals surface area contributed by atoms with Crippen LogP contribution < -0.4 is 21.1 Å². The number of benzene rings is 9. The van der Waals surface area contributed by atoms with Crippen molar-refractivity contribution in [1.82, 2.24) is 0 Å². The molecule has 0 bridgehead atoms. The van der Waals surface area contributed by atoms with Crippen LogP contribution in [0.4, 0.5) is 28.4 Å². The molecule has 1 N–H and O–H groups in total. The molecule has 9 aromatic rings. The van der Waals surface area contributed by atoms with Crippen molar-refractivity contribution in [1.29, 1.82) is 0 Å². The number of anilines is 5. The molecule has 9 aromatic carbocycles. The molecule has 0 atom stereocenters. The molecule has 0 amide bonds. The Labute approximate surface area is 410 Å². The van der Waals surface area contributed by atoms with Crippen molar-refractivity contribution in [3.05, 3.63) is 222 Å². The van der Waals surface area contributed by atoms with Crippen LogP contribution in [0.25, 0.3) is 55.6 Å².